The maximum Gasteiger partial charge on any atom is 0.286 e. The predicted octanol–water partition coefficient (Wildman–Crippen LogP) is 2.71. The Morgan fingerprint density at radius 1 is 1.23 bits per heavy atom. The van der Waals surface area contributed by atoms with Crippen LogP contribution >= 0.6 is 0 Å². The summed E-state index contributed by atoms with van der Waals surface area (Å²) in [6.07, 6.45) is 6.55. The van der Waals surface area contributed by atoms with Gasteiger partial charge in [-0.1, -0.05) is 31.4 Å². The molecule has 0 amide bonds. The van der Waals surface area contributed by atoms with Gasteiger partial charge >= 0.3 is 0 Å². The van der Waals surface area contributed by atoms with Crippen molar-refractivity contribution in [3.8, 4) is 0 Å². The van der Waals surface area contributed by atoms with Crippen LogP contribution in [0.25, 0.3) is 0 Å². The zero-order valence-corrected chi connectivity index (χ0v) is 13.8. The van der Waals surface area contributed by atoms with E-state index >= 15 is 0 Å². The van der Waals surface area contributed by atoms with Gasteiger partial charge in [-0.3, -0.25) is 4.90 Å². The molecule has 120 valence electrons. The molecule has 2 aliphatic rings. The molecule has 1 saturated carbocycles. The lowest BCUT2D eigenvalue weighted by Gasteiger charge is -2.28. The minimum absolute atomic E-state index is 0.258. The van der Waals surface area contributed by atoms with Gasteiger partial charge in [-0.15, -0.1) is 4.40 Å². The van der Waals surface area contributed by atoms with Crippen molar-refractivity contribution in [2.24, 2.45) is 10.3 Å². The fourth-order valence-corrected chi connectivity index (χ4v) is 4.51. The van der Waals surface area contributed by atoms with Crippen LogP contribution in [0.5, 0.6) is 0 Å². The van der Waals surface area contributed by atoms with Crippen molar-refractivity contribution in [1.82, 2.24) is 4.90 Å². The zero-order chi connectivity index (χ0) is 15.6. The number of anilines is 1. The molecule has 0 unspecified atom stereocenters. The molecule has 0 radical (unpaired) electrons. The minimum atomic E-state index is -3.57. The summed E-state index contributed by atoms with van der Waals surface area (Å²) in [6, 6.07) is 6.91. The van der Waals surface area contributed by atoms with Gasteiger partial charge in [0.05, 0.1) is 12.2 Å². The molecule has 1 aliphatic heterocycles. The van der Waals surface area contributed by atoms with E-state index in [1.165, 1.54) is 32.1 Å². The first-order chi connectivity index (χ1) is 10.5. The number of rotatable bonds is 4. The smallest absolute Gasteiger partial charge is 0.286 e. The standard InChI is InChI=1S/C16H23N3O2S/c1-19(11-13-7-3-2-4-8-13)12-16-17-14-9-5-6-10-15(14)22(20,21)18-16/h5-6,9-10,13H,2-4,7-8,11-12H2,1H3,(H,17,18). The van der Waals surface area contributed by atoms with Gasteiger partial charge in [-0.25, -0.2) is 0 Å². The first kappa shape index (κ1) is 15.5. The molecule has 6 heteroatoms. The molecular formula is C16H23N3O2S. The van der Waals surface area contributed by atoms with Crippen molar-refractivity contribution < 1.29 is 8.42 Å². The van der Waals surface area contributed by atoms with E-state index in [4.69, 9.17) is 0 Å². The van der Waals surface area contributed by atoms with Gasteiger partial charge in [0, 0.05) is 6.54 Å². The van der Waals surface area contributed by atoms with E-state index in [9.17, 15) is 8.42 Å². The van der Waals surface area contributed by atoms with Gasteiger partial charge in [0.1, 0.15) is 10.7 Å². The number of amidine groups is 1. The maximum atomic E-state index is 12.2. The van der Waals surface area contributed by atoms with Gasteiger partial charge in [-0.05, 0) is 37.9 Å². The highest BCUT2D eigenvalue weighted by atomic mass is 32.2. The van der Waals surface area contributed by atoms with Crippen molar-refractivity contribution in [1.29, 1.82) is 0 Å². The van der Waals surface area contributed by atoms with Crippen LogP contribution in [0.2, 0.25) is 0 Å². The van der Waals surface area contributed by atoms with Crippen molar-refractivity contribution in [2.75, 3.05) is 25.5 Å². The highest BCUT2D eigenvalue weighted by Crippen LogP contribution is 2.27. The lowest BCUT2D eigenvalue weighted by molar-refractivity contribution is 0.253. The first-order valence-corrected chi connectivity index (χ1v) is 9.37. The van der Waals surface area contributed by atoms with Gasteiger partial charge in [0.2, 0.25) is 0 Å². The number of likely N-dealkylation sites (N-methyl/N-ethyl adjacent to an activating group) is 1. The molecule has 0 spiro atoms. The van der Waals surface area contributed by atoms with Gasteiger partial charge in [-0.2, -0.15) is 8.42 Å². The second-order valence-corrected chi connectivity index (χ2v) is 7.91. The number of hydrogen-bond donors (Lipinski definition) is 1. The minimum Gasteiger partial charge on any atom is -0.341 e. The molecule has 1 fully saturated rings. The van der Waals surface area contributed by atoms with Crippen molar-refractivity contribution in [2.45, 2.75) is 37.0 Å². The molecule has 0 aromatic heterocycles. The zero-order valence-electron chi connectivity index (χ0n) is 13.0. The van der Waals surface area contributed by atoms with E-state index in [-0.39, 0.29) is 4.90 Å². The molecule has 1 aromatic carbocycles. The number of fused-ring (bicyclic) bond motifs is 1. The second kappa shape index (κ2) is 6.38. The lowest BCUT2D eigenvalue weighted by Crippen LogP contribution is -2.36. The Hall–Kier alpha value is -1.40. The fourth-order valence-electron chi connectivity index (χ4n) is 3.37. The van der Waals surface area contributed by atoms with E-state index in [2.05, 4.69) is 14.6 Å². The van der Waals surface area contributed by atoms with Gasteiger partial charge in [0.15, 0.2) is 0 Å². The lowest BCUT2D eigenvalue weighted by atomic mass is 9.89. The second-order valence-electron chi connectivity index (χ2n) is 6.33. The summed E-state index contributed by atoms with van der Waals surface area (Å²) in [7, 11) is -1.54. The van der Waals surface area contributed by atoms with Crippen LogP contribution in [-0.2, 0) is 10.0 Å². The summed E-state index contributed by atoms with van der Waals surface area (Å²) in [5.74, 6) is 1.24. The van der Waals surface area contributed by atoms with Crippen LogP contribution in [0.1, 0.15) is 32.1 Å². The predicted molar refractivity (Wildman–Crippen MR) is 88.8 cm³/mol. The Kier molecular flexibility index (Phi) is 4.49. The third-order valence-corrected chi connectivity index (χ3v) is 5.76. The first-order valence-electron chi connectivity index (χ1n) is 7.93. The van der Waals surface area contributed by atoms with Crippen LogP contribution < -0.4 is 5.32 Å². The summed E-state index contributed by atoms with van der Waals surface area (Å²) in [5.41, 5.74) is 0.624. The Balaban J connectivity index is 1.67. The van der Waals surface area contributed by atoms with Crippen LogP contribution in [0.4, 0.5) is 5.69 Å². The third-order valence-electron chi connectivity index (χ3n) is 4.39. The number of para-hydroxylation sites is 1. The average molecular weight is 321 g/mol. The monoisotopic (exact) mass is 321 g/mol. The molecule has 3 rings (SSSR count). The highest BCUT2D eigenvalue weighted by Gasteiger charge is 2.25. The van der Waals surface area contributed by atoms with Crippen LogP contribution in [0.15, 0.2) is 33.6 Å². The largest absolute Gasteiger partial charge is 0.341 e. The summed E-state index contributed by atoms with van der Waals surface area (Å²) < 4.78 is 28.3. The number of sulfonamides is 1. The number of hydrogen-bond acceptors (Lipinski definition) is 4. The molecule has 22 heavy (non-hydrogen) atoms. The average Bonchev–Trinajstić information content (AvgIpc) is 2.47. The molecule has 1 heterocycles. The number of nitrogens with zero attached hydrogens (tertiary/aromatic N) is 2. The van der Waals surface area contributed by atoms with Crippen molar-refractivity contribution in [3.63, 3.8) is 0 Å². The van der Waals surface area contributed by atoms with Crippen LogP contribution in [0, 0.1) is 5.92 Å². The molecule has 0 atom stereocenters. The van der Waals surface area contributed by atoms with E-state index in [1.807, 2.05) is 13.1 Å². The topological polar surface area (TPSA) is 61.8 Å². The quantitative estimate of drug-likeness (QED) is 0.926. The summed E-state index contributed by atoms with van der Waals surface area (Å²) in [6.45, 7) is 1.53. The molecule has 1 aliphatic carbocycles. The summed E-state index contributed by atoms with van der Waals surface area (Å²) in [5, 5.41) is 3.15. The third kappa shape index (κ3) is 3.50. The van der Waals surface area contributed by atoms with E-state index in [1.54, 1.807) is 18.2 Å². The summed E-state index contributed by atoms with van der Waals surface area (Å²) in [4.78, 5) is 2.43. The Bertz CT molecular complexity index is 664. The van der Waals surface area contributed by atoms with Crippen LogP contribution in [-0.4, -0.2) is 39.3 Å². The van der Waals surface area contributed by atoms with Crippen molar-refractivity contribution in [3.05, 3.63) is 24.3 Å². The fraction of sp³-hybridized carbons (Fsp3) is 0.562. The SMILES string of the molecule is CN(CC1=NS(=O)(=O)c2ccccc2N1)CC1CCCCC1. The maximum absolute atomic E-state index is 12.2. The summed E-state index contributed by atoms with van der Waals surface area (Å²) >= 11 is 0. The van der Waals surface area contributed by atoms with Gasteiger partial charge < -0.3 is 5.32 Å². The highest BCUT2D eigenvalue weighted by molar-refractivity contribution is 7.90. The Morgan fingerprint density at radius 3 is 2.73 bits per heavy atom. The molecule has 0 bridgehead atoms. The van der Waals surface area contributed by atoms with Crippen LogP contribution in [0.3, 0.4) is 0 Å². The molecular weight excluding hydrogens is 298 g/mol. The number of nitrogens with one attached hydrogen (secondary N) is 1. The molecule has 5 nitrogen and oxygen atoms in total. The van der Waals surface area contributed by atoms with E-state index in [0.717, 1.165) is 12.5 Å². The van der Waals surface area contributed by atoms with E-state index in [0.29, 0.717) is 18.1 Å². The molecule has 1 aromatic rings. The Morgan fingerprint density at radius 2 is 1.95 bits per heavy atom. The molecule has 0 saturated heterocycles. The van der Waals surface area contributed by atoms with Gasteiger partial charge in [0.25, 0.3) is 10.0 Å². The molecule has 1 N–H and O–H groups in total. The normalized spacial score (nSPS) is 21.1. The van der Waals surface area contributed by atoms with Crippen molar-refractivity contribution >= 4 is 21.5 Å². The number of benzene rings is 1. The van der Waals surface area contributed by atoms with E-state index < -0.39 is 10.0 Å². The Labute approximate surface area is 132 Å².